The molecular formula is C36H24N4. The molecule has 0 aliphatic heterocycles. The molecule has 0 radical (unpaired) electrons. The van der Waals surface area contributed by atoms with Gasteiger partial charge in [-0.3, -0.25) is 4.98 Å². The predicted octanol–water partition coefficient (Wildman–Crippen LogP) is 8.75. The quantitative estimate of drug-likeness (QED) is 0.231. The van der Waals surface area contributed by atoms with E-state index in [-0.39, 0.29) is 0 Å². The summed E-state index contributed by atoms with van der Waals surface area (Å²) in [5.41, 5.74) is 7.15. The van der Waals surface area contributed by atoms with Crippen LogP contribution in [0.1, 0.15) is 0 Å². The van der Waals surface area contributed by atoms with Crippen LogP contribution in [0.25, 0.3) is 67.2 Å². The van der Waals surface area contributed by atoms with Crippen LogP contribution >= 0.6 is 0 Å². The number of pyridine rings is 1. The molecule has 0 aliphatic carbocycles. The summed E-state index contributed by atoms with van der Waals surface area (Å²) in [6, 6.07) is 45.4. The van der Waals surface area contributed by atoms with Crippen LogP contribution in [-0.4, -0.2) is 19.9 Å². The molecule has 4 heteroatoms. The van der Waals surface area contributed by atoms with Crippen molar-refractivity contribution in [3.63, 3.8) is 0 Å². The van der Waals surface area contributed by atoms with Gasteiger partial charge in [-0.05, 0) is 40.3 Å². The minimum atomic E-state index is 0.625. The summed E-state index contributed by atoms with van der Waals surface area (Å²) < 4.78 is 0. The predicted molar refractivity (Wildman–Crippen MR) is 162 cm³/mol. The van der Waals surface area contributed by atoms with Crippen LogP contribution in [-0.2, 0) is 0 Å². The summed E-state index contributed by atoms with van der Waals surface area (Å²) in [6.07, 6.45) is 3.85. The fraction of sp³-hybridized carbons (Fsp3) is 0. The normalized spacial score (nSPS) is 11.0. The highest BCUT2D eigenvalue weighted by atomic mass is 15.0. The van der Waals surface area contributed by atoms with Crippen molar-refractivity contribution in [3.8, 4) is 56.4 Å². The molecule has 0 bridgehead atoms. The van der Waals surface area contributed by atoms with E-state index < -0.39 is 0 Å². The van der Waals surface area contributed by atoms with Crippen molar-refractivity contribution < 1.29 is 0 Å². The van der Waals surface area contributed by atoms with Gasteiger partial charge in [0.05, 0.1) is 0 Å². The molecule has 0 saturated carbocycles. The number of fused-ring (bicyclic) bond motifs is 1. The molecule has 0 N–H and O–H groups in total. The minimum absolute atomic E-state index is 0.625. The van der Waals surface area contributed by atoms with E-state index in [9.17, 15) is 0 Å². The number of aromatic nitrogens is 4. The van der Waals surface area contributed by atoms with Crippen LogP contribution in [0.5, 0.6) is 0 Å². The van der Waals surface area contributed by atoms with Crippen LogP contribution < -0.4 is 0 Å². The van der Waals surface area contributed by atoms with E-state index in [0.717, 1.165) is 49.7 Å². The highest BCUT2D eigenvalue weighted by Gasteiger charge is 2.15. The maximum absolute atomic E-state index is 4.99. The molecule has 7 rings (SSSR count). The third-order valence-electron chi connectivity index (χ3n) is 6.98. The Labute approximate surface area is 232 Å². The second kappa shape index (κ2) is 10.4. The van der Waals surface area contributed by atoms with Gasteiger partial charge in [-0.1, -0.05) is 115 Å². The molecule has 5 aromatic carbocycles. The fourth-order valence-corrected chi connectivity index (χ4v) is 4.99. The van der Waals surface area contributed by atoms with Gasteiger partial charge in [0.2, 0.25) is 0 Å². The lowest BCUT2D eigenvalue weighted by atomic mass is 9.94. The molecule has 0 atom stereocenters. The molecule has 0 amide bonds. The Balaban J connectivity index is 1.48. The Morgan fingerprint density at radius 2 is 0.825 bits per heavy atom. The molecule has 4 nitrogen and oxygen atoms in total. The first-order valence-electron chi connectivity index (χ1n) is 13.2. The molecule has 7 aromatic rings. The van der Waals surface area contributed by atoms with Gasteiger partial charge in [0, 0.05) is 40.0 Å². The molecule has 40 heavy (non-hydrogen) atoms. The largest absolute Gasteiger partial charge is 0.263 e. The minimum Gasteiger partial charge on any atom is -0.263 e. The summed E-state index contributed by atoms with van der Waals surface area (Å²) in [7, 11) is 0. The van der Waals surface area contributed by atoms with Gasteiger partial charge in [-0.15, -0.1) is 0 Å². The van der Waals surface area contributed by atoms with E-state index >= 15 is 0 Å². The van der Waals surface area contributed by atoms with Gasteiger partial charge < -0.3 is 0 Å². The van der Waals surface area contributed by atoms with Crippen molar-refractivity contribution >= 4 is 10.8 Å². The number of benzene rings is 5. The zero-order chi connectivity index (χ0) is 26.7. The molecular weight excluding hydrogens is 488 g/mol. The van der Waals surface area contributed by atoms with E-state index in [1.165, 1.54) is 0 Å². The van der Waals surface area contributed by atoms with Crippen molar-refractivity contribution in [1.29, 1.82) is 0 Å². The topological polar surface area (TPSA) is 51.6 Å². The zero-order valence-electron chi connectivity index (χ0n) is 21.6. The SMILES string of the molecule is c1ccc(-c2cc(-c3nc(-c4ccccc4)nc(-c4ccccc4)n3)cc(-c3cncc4ccccc34)c2)cc1. The number of nitrogens with zero attached hydrogens (tertiary/aromatic N) is 4. The van der Waals surface area contributed by atoms with Crippen LogP contribution in [0.3, 0.4) is 0 Å². The Bertz CT molecular complexity index is 1870. The highest BCUT2D eigenvalue weighted by Crippen LogP contribution is 2.35. The standard InChI is InChI=1S/C36H24N4/c1-4-12-25(13-5-1)29-20-30(33-24-37-23-28-18-10-11-19-32(28)33)22-31(21-29)36-39-34(26-14-6-2-7-15-26)38-35(40-36)27-16-8-3-9-17-27/h1-24H. The van der Waals surface area contributed by atoms with E-state index in [1.54, 1.807) is 0 Å². The molecule has 0 saturated heterocycles. The maximum atomic E-state index is 4.99. The average Bonchev–Trinajstić information content (AvgIpc) is 3.05. The first-order valence-corrected chi connectivity index (χ1v) is 13.2. The Morgan fingerprint density at radius 1 is 0.350 bits per heavy atom. The lowest BCUT2D eigenvalue weighted by Crippen LogP contribution is -2.00. The Hall–Kier alpha value is -5.48. The maximum Gasteiger partial charge on any atom is 0.164 e. The average molecular weight is 513 g/mol. The van der Waals surface area contributed by atoms with Gasteiger partial charge in [0.1, 0.15) is 0 Å². The second-order valence-corrected chi connectivity index (χ2v) is 9.61. The molecule has 2 heterocycles. The lowest BCUT2D eigenvalue weighted by molar-refractivity contribution is 1.07. The molecule has 0 spiro atoms. The van der Waals surface area contributed by atoms with E-state index in [2.05, 4.69) is 65.6 Å². The third-order valence-corrected chi connectivity index (χ3v) is 6.98. The monoisotopic (exact) mass is 512 g/mol. The smallest absolute Gasteiger partial charge is 0.164 e. The number of hydrogen-bond donors (Lipinski definition) is 0. The molecule has 188 valence electrons. The summed E-state index contributed by atoms with van der Waals surface area (Å²) in [5, 5.41) is 2.25. The van der Waals surface area contributed by atoms with Gasteiger partial charge in [0.25, 0.3) is 0 Å². The molecule has 2 aromatic heterocycles. The summed E-state index contributed by atoms with van der Waals surface area (Å²) in [4.78, 5) is 19.4. The summed E-state index contributed by atoms with van der Waals surface area (Å²) in [6.45, 7) is 0. The van der Waals surface area contributed by atoms with Crippen molar-refractivity contribution in [1.82, 2.24) is 19.9 Å². The van der Waals surface area contributed by atoms with Crippen molar-refractivity contribution in [3.05, 3.63) is 146 Å². The van der Waals surface area contributed by atoms with E-state index in [1.807, 2.05) is 85.2 Å². The first kappa shape index (κ1) is 23.6. The fourth-order valence-electron chi connectivity index (χ4n) is 4.99. The first-order chi connectivity index (χ1) is 19.8. The Kier molecular flexibility index (Phi) is 6.11. The van der Waals surface area contributed by atoms with Crippen molar-refractivity contribution in [2.24, 2.45) is 0 Å². The highest BCUT2D eigenvalue weighted by molar-refractivity contribution is 5.97. The summed E-state index contributed by atoms with van der Waals surface area (Å²) in [5.74, 6) is 1.91. The number of hydrogen-bond acceptors (Lipinski definition) is 4. The van der Waals surface area contributed by atoms with E-state index in [0.29, 0.717) is 17.5 Å². The Morgan fingerprint density at radius 3 is 1.45 bits per heavy atom. The van der Waals surface area contributed by atoms with E-state index in [4.69, 9.17) is 15.0 Å². The van der Waals surface area contributed by atoms with Crippen molar-refractivity contribution in [2.75, 3.05) is 0 Å². The lowest BCUT2D eigenvalue weighted by Gasteiger charge is -2.13. The van der Waals surface area contributed by atoms with Gasteiger partial charge >= 0.3 is 0 Å². The van der Waals surface area contributed by atoms with Crippen LogP contribution in [0.4, 0.5) is 0 Å². The van der Waals surface area contributed by atoms with Crippen LogP contribution in [0.15, 0.2) is 146 Å². The van der Waals surface area contributed by atoms with Crippen LogP contribution in [0.2, 0.25) is 0 Å². The number of rotatable bonds is 5. The van der Waals surface area contributed by atoms with Crippen LogP contribution in [0, 0.1) is 0 Å². The zero-order valence-corrected chi connectivity index (χ0v) is 21.6. The van der Waals surface area contributed by atoms with Gasteiger partial charge in [-0.2, -0.15) is 0 Å². The second-order valence-electron chi connectivity index (χ2n) is 9.61. The van der Waals surface area contributed by atoms with Crippen molar-refractivity contribution in [2.45, 2.75) is 0 Å². The summed E-state index contributed by atoms with van der Waals surface area (Å²) >= 11 is 0. The molecule has 0 fully saturated rings. The van der Waals surface area contributed by atoms with Gasteiger partial charge in [-0.25, -0.2) is 15.0 Å². The molecule has 0 unspecified atom stereocenters. The third kappa shape index (κ3) is 4.63. The molecule has 0 aliphatic rings. The van der Waals surface area contributed by atoms with Gasteiger partial charge in [0.15, 0.2) is 17.5 Å².